The Bertz CT molecular complexity index is 802. The van der Waals surface area contributed by atoms with Crippen LogP contribution in [0.2, 0.25) is 0 Å². The molecule has 1 unspecified atom stereocenters. The van der Waals surface area contributed by atoms with Crippen LogP contribution in [-0.2, 0) is 16.0 Å². The van der Waals surface area contributed by atoms with Crippen LogP contribution in [0.5, 0.6) is 0 Å². The maximum absolute atomic E-state index is 13.0. The van der Waals surface area contributed by atoms with E-state index in [1.54, 1.807) is 0 Å². The number of carbonyl (C=O) groups is 3. The van der Waals surface area contributed by atoms with Crippen molar-refractivity contribution >= 4 is 17.6 Å². The minimum Gasteiger partial charge on any atom is -0.342 e. The van der Waals surface area contributed by atoms with Gasteiger partial charge in [-0.25, -0.2) is 0 Å². The van der Waals surface area contributed by atoms with Crippen LogP contribution in [0.15, 0.2) is 24.3 Å². The van der Waals surface area contributed by atoms with Crippen LogP contribution in [0.3, 0.4) is 0 Å². The summed E-state index contributed by atoms with van der Waals surface area (Å²) in [5.74, 6) is 0.846. The first-order valence-corrected chi connectivity index (χ1v) is 12.1. The van der Waals surface area contributed by atoms with Gasteiger partial charge in [-0.3, -0.25) is 14.4 Å². The predicted octanol–water partition coefficient (Wildman–Crippen LogP) is 4.10. The molecular weight excluding hydrogens is 388 g/mol. The summed E-state index contributed by atoms with van der Waals surface area (Å²) >= 11 is 0. The Balaban J connectivity index is 1.28. The van der Waals surface area contributed by atoms with Crippen molar-refractivity contribution in [1.82, 2.24) is 9.80 Å². The average molecular weight is 425 g/mol. The maximum Gasteiger partial charge on any atom is 0.227 e. The van der Waals surface area contributed by atoms with E-state index in [1.165, 1.54) is 18.4 Å². The molecular formula is C26H36N2O3. The van der Waals surface area contributed by atoms with Gasteiger partial charge in [-0.05, 0) is 43.6 Å². The molecule has 4 rings (SSSR count). The fourth-order valence-corrected chi connectivity index (χ4v) is 5.60. The normalized spacial score (nSPS) is 23.2. The molecule has 0 aromatic heterocycles. The Morgan fingerprint density at radius 3 is 2.23 bits per heavy atom. The molecule has 3 fully saturated rings. The summed E-state index contributed by atoms with van der Waals surface area (Å²) in [6.07, 6.45) is 7.35. The molecule has 0 radical (unpaired) electrons. The number of hydrogen-bond donors (Lipinski definition) is 0. The van der Waals surface area contributed by atoms with Gasteiger partial charge in [0.05, 0.1) is 5.92 Å². The lowest BCUT2D eigenvalue weighted by atomic mass is 9.88. The second-order valence-corrected chi connectivity index (χ2v) is 10.1. The first kappa shape index (κ1) is 22.0. The monoisotopic (exact) mass is 424 g/mol. The quantitative estimate of drug-likeness (QED) is 0.646. The third-order valence-electron chi connectivity index (χ3n) is 7.33. The van der Waals surface area contributed by atoms with Crippen LogP contribution in [-0.4, -0.2) is 53.1 Å². The van der Waals surface area contributed by atoms with E-state index < -0.39 is 0 Å². The number of carbonyl (C=O) groups excluding carboxylic acids is 3. The van der Waals surface area contributed by atoms with Crippen molar-refractivity contribution in [3.05, 3.63) is 35.4 Å². The summed E-state index contributed by atoms with van der Waals surface area (Å²) in [5, 5.41) is 0. The summed E-state index contributed by atoms with van der Waals surface area (Å²) in [6, 6.07) is 8.40. The van der Waals surface area contributed by atoms with Crippen LogP contribution in [0.4, 0.5) is 0 Å². The Morgan fingerprint density at radius 1 is 0.968 bits per heavy atom. The largest absolute Gasteiger partial charge is 0.342 e. The first-order valence-electron chi connectivity index (χ1n) is 12.1. The number of Topliss-reactive ketones (excluding diaryl/α,β-unsaturated/α-hetero) is 1. The van der Waals surface area contributed by atoms with Gasteiger partial charge in [0.15, 0.2) is 5.78 Å². The van der Waals surface area contributed by atoms with E-state index in [9.17, 15) is 14.4 Å². The number of benzene rings is 1. The predicted molar refractivity (Wildman–Crippen MR) is 121 cm³/mol. The van der Waals surface area contributed by atoms with Crippen LogP contribution in [0.1, 0.15) is 74.7 Å². The lowest BCUT2D eigenvalue weighted by molar-refractivity contribution is -0.137. The molecule has 1 aliphatic carbocycles. The topological polar surface area (TPSA) is 57.7 Å². The van der Waals surface area contributed by atoms with Gasteiger partial charge in [-0.1, -0.05) is 51.0 Å². The molecule has 31 heavy (non-hydrogen) atoms. The van der Waals surface area contributed by atoms with E-state index in [4.69, 9.17) is 0 Å². The lowest BCUT2D eigenvalue weighted by Crippen LogP contribution is -2.44. The third kappa shape index (κ3) is 5.02. The molecule has 1 aromatic carbocycles. The van der Waals surface area contributed by atoms with Crippen LogP contribution in [0, 0.1) is 17.8 Å². The van der Waals surface area contributed by atoms with E-state index in [0.29, 0.717) is 50.9 Å². The Labute approximate surface area is 186 Å². The molecule has 5 heteroatoms. The Hall–Kier alpha value is -2.17. The molecule has 1 atom stereocenters. The molecule has 2 aliphatic heterocycles. The summed E-state index contributed by atoms with van der Waals surface area (Å²) in [4.78, 5) is 42.3. The molecule has 2 heterocycles. The fraction of sp³-hybridized carbons (Fsp3) is 0.654. The highest BCUT2D eigenvalue weighted by Crippen LogP contribution is 2.31. The Morgan fingerprint density at radius 2 is 1.61 bits per heavy atom. The van der Waals surface area contributed by atoms with Crippen LogP contribution < -0.4 is 0 Å². The van der Waals surface area contributed by atoms with Crippen molar-refractivity contribution in [3.63, 3.8) is 0 Å². The van der Waals surface area contributed by atoms with Gasteiger partial charge >= 0.3 is 0 Å². The fourth-order valence-electron chi connectivity index (χ4n) is 5.60. The average Bonchev–Trinajstić information content (AvgIpc) is 3.42. The van der Waals surface area contributed by atoms with Gasteiger partial charge < -0.3 is 9.80 Å². The minimum absolute atomic E-state index is 0.0137. The smallest absolute Gasteiger partial charge is 0.227 e. The van der Waals surface area contributed by atoms with Gasteiger partial charge in [0.25, 0.3) is 0 Å². The molecule has 2 saturated heterocycles. The zero-order chi connectivity index (χ0) is 22.0. The maximum atomic E-state index is 13.0. The zero-order valence-electron chi connectivity index (χ0n) is 19.0. The van der Waals surface area contributed by atoms with Gasteiger partial charge in [0.2, 0.25) is 11.8 Å². The van der Waals surface area contributed by atoms with Gasteiger partial charge in [0.1, 0.15) is 0 Å². The highest BCUT2D eigenvalue weighted by Gasteiger charge is 2.41. The van der Waals surface area contributed by atoms with Crippen molar-refractivity contribution in [2.45, 2.75) is 71.3 Å². The number of ketones is 1. The molecule has 3 aliphatic rings. The lowest BCUT2D eigenvalue weighted by Gasteiger charge is -2.33. The molecule has 0 spiro atoms. The second kappa shape index (κ2) is 9.54. The summed E-state index contributed by atoms with van der Waals surface area (Å²) < 4.78 is 0. The summed E-state index contributed by atoms with van der Waals surface area (Å²) in [7, 11) is 0. The summed E-state index contributed by atoms with van der Waals surface area (Å²) in [5.41, 5.74) is 2.05. The molecule has 1 aromatic rings. The second-order valence-electron chi connectivity index (χ2n) is 10.1. The zero-order valence-corrected chi connectivity index (χ0v) is 19.0. The molecule has 5 nitrogen and oxygen atoms in total. The molecule has 168 valence electrons. The SMILES string of the molecule is CC(C)Cc1ccc(C(=O)C2CCN(C(=O)C3CC(=O)N(C4CCCC4)C3)CC2)cc1. The van der Waals surface area contributed by atoms with Crippen molar-refractivity contribution in [1.29, 1.82) is 0 Å². The van der Waals surface area contributed by atoms with E-state index in [-0.39, 0.29) is 29.4 Å². The van der Waals surface area contributed by atoms with Gasteiger partial charge in [-0.2, -0.15) is 0 Å². The highest BCUT2D eigenvalue weighted by molar-refractivity contribution is 5.98. The van der Waals surface area contributed by atoms with E-state index in [2.05, 4.69) is 26.0 Å². The number of amides is 2. The molecule has 0 N–H and O–H groups in total. The Kier molecular flexibility index (Phi) is 6.78. The first-order chi connectivity index (χ1) is 14.9. The molecule has 2 amide bonds. The third-order valence-corrected chi connectivity index (χ3v) is 7.33. The number of hydrogen-bond acceptors (Lipinski definition) is 3. The van der Waals surface area contributed by atoms with Crippen molar-refractivity contribution in [2.24, 2.45) is 17.8 Å². The van der Waals surface area contributed by atoms with Crippen molar-refractivity contribution < 1.29 is 14.4 Å². The highest BCUT2D eigenvalue weighted by atomic mass is 16.2. The van der Waals surface area contributed by atoms with Gasteiger partial charge in [-0.15, -0.1) is 0 Å². The summed E-state index contributed by atoms with van der Waals surface area (Å²) in [6.45, 7) is 6.22. The van der Waals surface area contributed by atoms with Gasteiger partial charge in [0, 0.05) is 43.6 Å². The van der Waals surface area contributed by atoms with Crippen molar-refractivity contribution in [2.75, 3.05) is 19.6 Å². The number of likely N-dealkylation sites (tertiary alicyclic amines) is 2. The molecule has 1 saturated carbocycles. The van der Waals surface area contributed by atoms with E-state index in [0.717, 1.165) is 24.8 Å². The molecule has 0 bridgehead atoms. The minimum atomic E-state index is -0.200. The van der Waals surface area contributed by atoms with Crippen LogP contribution in [0.25, 0.3) is 0 Å². The van der Waals surface area contributed by atoms with Crippen molar-refractivity contribution in [3.8, 4) is 0 Å². The number of piperidine rings is 1. The van der Waals surface area contributed by atoms with E-state index in [1.807, 2.05) is 21.9 Å². The number of nitrogens with zero attached hydrogens (tertiary/aromatic N) is 2. The van der Waals surface area contributed by atoms with Crippen LogP contribution >= 0.6 is 0 Å². The standard InChI is InChI=1S/C26H36N2O3/c1-18(2)15-19-7-9-20(10-8-19)25(30)21-11-13-27(14-12-21)26(31)22-16-24(29)28(17-22)23-5-3-4-6-23/h7-10,18,21-23H,3-6,11-17H2,1-2H3. The van der Waals surface area contributed by atoms with E-state index >= 15 is 0 Å². The number of rotatable bonds is 6.